The SMILES string of the molecule is C=CCON1C(=O)N2C[C@H]1C=C(C)[C@H]2C(=O)NOCCOC. The van der Waals surface area contributed by atoms with Gasteiger partial charge in [-0.1, -0.05) is 12.2 Å². The predicted molar refractivity (Wildman–Crippen MR) is 77.4 cm³/mol. The summed E-state index contributed by atoms with van der Waals surface area (Å²) in [7, 11) is 1.54. The van der Waals surface area contributed by atoms with E-state index in [4.69, 9.17) is 14.4 Å². The zero-order valence-corrected chi connectivity index (χ0v) is 12.8. The van der Waals surface area contributed by atoms with E-state index in [2.05, 4.69) is 12.1 Å². The topological polar surface area (TPSA) is 80.3 Å². The van der Waals surface area contributed by atoms with E-state index in [-0.39, 0.29) is 31.2 Å². The Morgan fingerprint density at radius 2 is 2.32 bits per heavy atom. The Bertz CT molecular complexity index is 479. The van der Waals surface area contributed by atoms with Crippen molar-refractivity contribution in [3.05, 3.63) is 24.3 Å². The van der Waals surface area contributed by atoms with Crippen LogP contribution in [-0.2, 0) is 19.2 Å². The Hall–Kier alpha value is -1.90. The Labute approximate surface area is 129 Å². The minimum atomic E-state index is -0.691. The minimum absolute atomic E-state index is 0.189. The average molecular weight is 311 g/mol. The summed E-state index contributed by atoms with van der Waals surface area (Å²) in [5.74, 6) is -0.387. The van der Waals surface area contributed by atoms with E-state index >= 15 is 0 Å². The van der Waals surface area contributed by atoms with Gasteiger partial charge in [0.2, 0.25) is 0 Å². The van der Waals surface area contributed by atoms with Crippen molar-refractivity contribution in [1.29, 1.82) is 0 Å². The first-order valence-electron chi connectivity index (χ1n) is 7.02. The molecule has 2 aliphatic rings. The number of nitrogens with zero attached hydrogens (tertiary/aromatic N) is 2. The van der Waals surface area contributed by atoms with Gasteiger partial charge in [-0.3, -0.25) is 14.5 Å². The molecule has 0 unspecified atom stereocenters. The van der Waals surface area contributed by atoms with Gasteiger partial charge in [-0.2, -0.15) is 5.06 Å². The fourth-order valence-corrected chi connectivity index (χ4v) is 2.53. The lowest BCUT2D eigenvalue weighted by Gasteiger charge is -2.28. The molecule has 122 valence electrons. The van der Waals surface area contributed by atoms with Gasteiger partial charge in [0, 0.05) is 7.11 Å². The number of hydrogen-bond donors (Lipinski definition) is 1. The maximum atomic E-state index is 12.3. The molecule has 0 saturated carbocycles. The molecule has 8 heteroatoms. The largest absolute Gasteiger partial charge is 0.382 e. The van der Waals surface area contributed by atoms with Crippen LogP contribution < -0.4 is 5.48 Å². The van der Waals surface area contributed by atoms with Crippen LogP contribution in [0.2, 0.25) is 0 Å². The van der Waals surface area contributed by atoms with Crippen LogP contribution in [0, 0.1) is 0 Å². The van der Waals surface area contributed by atoms with Crippen LogP contribution >= 0.6 is 0 Å². The summed E-state index contributed by atoms with van der Waals surface area (Å²) >= 11 is 0. The molecule has 2 aliphatic heterocycles. The van der Waals surface area contributed by atoms with E-state index in [9.17, 15) is 9.59 Å². The molecule has 2 bridgehead atoms. The van der Waals surface area contributed by atoms with Crippen molar-refractivity contribution in [3.63, 3.8) is 0 Å². The third-order valence-corrected chi connectivity index (χ3v) is 3.46. The predicted octanol–water partition coefficient (Wildman–Crippen LogP) is 0.233. The summed E-state index contributed by atoms with van der Waals surface area (Å²) in [5.41, 5.74) is 3.13. The molecule has 3 amide bonds. The Kier molecular flexibility index (Phi) is 5.53. The van der Waals surface area contributed by atoms with Crippen LogP contribution in [0.5, 0.6) is 0 Å². The molecule has 0 aromatic carbocycles. The minimum Gasteiger partial charge on any atom is -0.382 e. The van der Waals surface area contributed by atoms with Crippen LogP contribution in [-0.4, -0.2) is 67.5 Å². The molecular formula is C14H21N3O5. The van der Waals surface area contributed by atoms with E-state index in [1.165, 1.54) is 9.96 Å². The second-order valence-corrected chi connectivity index (χ2v) is 5.03. The van der Waals surface area contributed by atoms with Crippen molar-refractivity contribution in [3.8, 4) is 0 Å². The lowest BCUT2D eigenvalue weighted by atomic mass is 10.0. The molecule has 2 rings (SSSR count). The second-order valence-electron chi connectivity index (χ2n) is 5.03. The van der Waals surface area contributed by atoms with Gasteiger partial charge in [0.05, 0.1) is 32.4 Å². The fraction of sp³-hybridized carbons (Fsp3) is 0.571. The highest BCUT2D eigenvalue weighted by Gasteiger charge is 2.47. The highest BCUT2D eigenvalue weighted by Crippen LogP contribution is 2.29. The number of urea groups is 1. The molecule has 0 spiro atoms. The molecule has 22 heavy (non-hydrogen) atoms. The van der Waals surface area contributed by atoms with Crippen LogP contribution in [0.1, 0.15) is 6.92 Å². The number of nitrogens with one attached hydrogen (secondary N) is 1. The summed E-state index contributed by atoms with van der Waals surface area (Å²) in [6.45, 7) is 6.61. The van der Waals surface area contributed by atoms with Crippen molar-refractivity contribution >= 4 is 11.9 Å². The van der Waals surface area contributed by atoms with E-state index in [0.29, 0.717) is 13.2 Å². The normalized spacial score (nSPS) is 23.5. The van der Waals surface area contributed by atoms with Gasteiger partial charge in [-0.15, -0.1) is 6.58 Å². The summed E-state index contributed by atoms with van der Waals surface area (Å²) in [4.78, 5) is 36.4. The van der Waals surface area contributed by atoms with Crippen molar-refractivity contribution in [2.24, 2.45) is 0 Å². The third-order valence-electron chi connectivity index (χ3n) is 3.46. The van der Waals surface area contributed by atoms with Crippen LogP contribution in [0.25, 0.3) is 0 Å². The van der Waals surface area contributed by atoms with Gasteiger partial charge in [0.15, 0.2) is 0 Å². The third kappa shape index (κ3) is 3.29. The second kappa shape index (κ2) is 7.39. The number of methoxy groups -OCH3 is 1. The summed E-state index contributed by atoms with van der Waals surface area (Å²) in [6.07, 6.45) is 3.43. The molecule has 0 aromatic rings. The first-order chi connectivity index (χ1) is 10.6. The van der Waals surface area contributed by atoms with Gasteiger partial charge in [-0.25, -0.2) is 10.3 Å². The number of hydroxylamine groups is 3. The first kappa shape index (κ1) is 16.5. The number of hydrogen-bond acceptors (Lipinski definition) is 5. The molecule has 1 N–H and O–H groups in total. The van der Waals surface area contributed by atoms with Crippen molar-refractivity contribution in [1.82, 2.24) is 15.4 Å². The molecule has 0 radical (unpaired) electrons. The Morgan fingerprint density at radius 3 is 3.00 bits per heavy atom. The number of rotatable bonds is 8. The number of fused-ring (bicyclic) bond motifs is 2. The molecule has 2 heterocycles. The fourth-order valence-electron chi connectivity index (χ4n) is 2.53. The van der Waals surface area contributed by atoms with Crippen LogP contribution in [0.3, 0.4) is 0 Å². The monoisotopic (exact) mass is 311 g/mol. The van der Waals surface area contributed by atoms with Crippen molar-refractivity contribution in [2.45, 2.75) is 19.0 Å². The number of ether oxygens (including phenoxy) is 1. The van der Waals surface area contributed by atoms with Gasteiger partial charge < -0.3 is 9.64 Å². The van der Waals surface area contributed by atoms with E-state index < -0.39 is 6.04 Å². The number of carbonyl (C=O) groups excluding carboxylic acids is 2. The summed E-state index contributed by atoms with van der Waals surface area (Å²) < 4.78 is 4.82. The van der Waals surface area contributed by atoms with Gasteiger partial charge in [0.25, 0.3) is 5.91 Å². The molecule has 0 aromatic heterocycles. The number of amides is 3. The van der Waals surface area contributed by atoms with Gasteiger partial charge >= 0.3 is 6.03 Å². The molecule has 2 atom stereocenters. The lowest BCUT2D eigenvalue weighted by molar-refractivity contribution is -0.138. The molecule has 8 nitrogen and oxygen atoms in total. The van der Waals surface area contributed by atoms with Gasteiger partial charge in [0.1, 0.15) is 6.04 Å². The summed E-state index contributed by atoms with van der Waals surface area (Å²) in [5, 5.41) is 1.28. The average Bonchev–Trinajstić information content (AvgIpc) is 2.74. The molecule has 0 aliphatic carbocycles. The zero-order valence-electron chi connectivity index (χ0n) is 12.8. The smallest absolute Gasteiger partial charge is 0.345 e. The van der Waals surface area contributed by atoms with E-state index in [1.54, 1.807) is 13.2 Å². The van der Waals surface area contributed by atoms with Gasteiger partial charge in [-0.05, 0) is 12.5 Å². The maximum Gasteiger partial charge on any atom is 0.345 e. The molecule has 1 fully saturated rings. The first-order valence-corrected chi connectivity index (χ1v) is 7.02. The van der Waals surface area contributed by atoms with Crippen LogP contribution in [0.15, 0.2) is 24.3 Å². The maximum absolute atomic E-state index is 12.3. The highest BCUT2D eigenvalue weighted by molar-refractivity contribution is 5.91. The molecular weight excluding hydrogens is 290 g/mol. The summed E-state index contributed by atoms with van der Waals surface area (Å²) in [6, 6.07) is -1.22. The zero-order chi connectivity index (χ0) is 16.1. The van der Waals surface area contributed by atoms with E-state index in [1.807, 2.05) is 13.0 Å². The molecule has 1 saturated heterocycles. The Balaban J connectivity index is 2.01. The Morgan fingerprint density at radius 1 is 1.55 bits per heavy atom. The standard InChI is InChI=1S/C14H21N3O5/c1-4-5-22-17-11-8-10(2)12(16(9-11)14(17)19)13(18)15-21-7-6-20-3/h4,8,11-12H,1,5-7,9H2,2-3H3,(H,15,18)/t11-,12+/m1/s1. The van der Waals surface area contributed by atoms with Crippen molar-refractivity contribution in [2.75, 3.05) is 33.5 Å². The number of carbonyl (C=O) groups is 2. The lowest BCUT2D eigenvalue weighted by Crippen LogP contribution is -2.50. The quantitative estimate of drug-likeness (QED) is 0.394. The van der Waals surface area contributed by atoms with Crippen LogP contribution in [0.4, 0.5) is 4.79 Å². The van der Waals surface area contributed by atoms with E-state index in [0.717, 1.165) is 5.57 Å². The van der Waals surface area contributed by atoms with Crippen molar-refractivity contribution < 1.29 is 24.0 Å². The highest BCUT2D eigenvalue weighted by atomic mass is 16.7.